The Balaban J connectivity index is 1.55. The van der Waals surface area contributed by atoms with Crippen LogP contribution >= 0.6 is 11.3 Å². The van der Waals surface area contributed by atoms with Crippen LogP contribution in [0.3, 0.4) is 0 Å². The highest BCUT2D eigenvalue weighted by Crippen LogP contribution is 2.14. The molecule has 0 aliphatic carbocycles. The smallest absolute Gasteiger partial charge is 0.270 e. The van der Waals surface area contributed by atoms with Crippen LogP contribution in [0.15, 0.2) is 22.6 Å². The van der Waals surface area contributed by atoms with E-state index in [-0.39, 0.29) is 11.8 Å². The molecule has 0 spiro atoms. The van der Waals surface area contributed by atoms with Gasteiger partial charge in [0.15, 0.2) is 0 Å². The van der Waals surface area contributed by atoms with Crippen molar-refractivity contribution in [3.63, 3.8) is 0 Å². The molecule has 0 radical (unpaired) electrons. The first kappa shape index (κ1) is 15.2. The second kappa shape index (κ2) is 7.02. The molecule has 1 N–H and O–H groups in total. The van der Waals surface area contributed by atoms with E-state index in [0.29, 0.717) is 18.6 Å². The number of thiophene rings is 1. The fourth-order valence-electron chi connectivity index (χ4n) is 2.77. The number of carbonyl (C=O) groups excluding carboxylic acids is 2. The number of amides is 2. The van der Waals surface area contributed by atoms with Crippen molar-refractivity contribution in [3.8, 4) is 0 Å². The third-order valence-corrected chi connectivity index (χ3v) is 4.85. The van der Waals surface area contributed by atoms with E-state index in [4.69, 9.17) is 0 Å². The summed E-state index contributed by atoms with van der Waals surface area (Å²) in [6.45, 7) is 4.31. The van der Waals surface area contributed by atoms with Crippen LogP contribution in [-0.2, 0) is 16.1 Å². The highest BCUT2D eigenvalue weighted by atomic mass is 32.1. The summed E-state index contributed by atoms with van der Waals surface area (Å²) in [5.74, 6) is -0.146. The molecule has 2 aliphatic rings. The standard InChI is InChI=1S/C15H20N4O2S/c20-14-5-4-13(16-17-14)15(21)19-7-2-6-18(8-9-19)11-12-3-1-10-22-12/h1,3,10H,2,4-9,11H2,(H,17,20). The van der Waals surface area contributed by atoms with E-state index < -0.39 is 0 Å². The summed E-state index contributed by atoms with van der Waals surface area (Å²) in [6.07, 6.45) is 1.76. The first-order valence-corrected chi connectivity index (χ1v) is 8.50. The summed E-state index contributed by atoms with van der Waals surface area (Å²) in [7, 11) is 0. The maximum absolute atomic E-state index is 12.5. The molecule has 1 fully saturated rings. The topological polar surface area (TPSA) is 65.0 Å². The fourth-order valence-corrected chi connectivity index (χ4v) is 3.51. The average molecular weight is 320 g/mol. The zero-order valence-corrected chi connectivity index (χ0v) is 13.3. The Bertz CT molecular complexity index is 570. The van der Waals surface area contributed by atoms with Crippen molar-refractivity contribution in [2.75, 3.05) is 26.2 Å². The largest absolute Gasteiger partial charge is 0.336 e. The molecule has 2 aliphatic heterocycles. The van der Waals surface area contributed by atoms with Crippen molar-refractivity contribution in [1.29, 1.82) is 0 Å². The van der Waals surface area contributed by atoms with E-state index in [9.17, 15) is 9.59 Å². The van der Waals surface area contributed by atoms with Crippen LogP contribution < -0.4 is 5.43 Å². The van der Waals surface area contributed by atoms with Crippen molar-refractivity contribution < 1.29 is 9.59 Å². The van der Waals surface area contributed by atoms with Gasteiger partial charge < -0.3 is 4.90 Å². The predicted octanol–water partition coefficient (Wildman–Crippen LogP) is 1.05. The van der Waals surface area contributed by atoms with Gasteiger partial charge in [0.1, 0.15) is 5.71 Å². The Morgan fingerprint density at radius 1 is 1.27 bits per heavy atom. The Labute approximate surface area is 133 Å². The number of hydrazone groups is 1. The van der Waals surface area contributed by atoms with Gasteiger partial charge >= 0.3 is 0 Å². The predicted molar refractivity (Wildman–Crippen MR) is 85.6 cm³/mol. The Morgan fingerprint density at radius 3 is 2.91 bits per heavy atom. The van der Waals surface area contributed by atoms with E-state index >= 15 is 0 Å². The Morgan fingerprint density at radius 2 is 2.18 bits per heavy atom. The normalized spacial score (nSPS) is 20.3. The summed E-state index contributed by atoms with van der Waals surface area (Å²) in [5.41, 5.74) is 2.88. The maximum Gasteiger partial charge on any atom is 0.270 e. The van der Waals surface area contributed by atoms with Crippen LogP contribution in [0.4, 0.5) is 0 Å². The summed E-state index contributed by atoms with van der Waals surface area (Å²) >= 11 is 1.77. The minimum absolute atomic E-state index is 0.0297. The molecular formula is C15H20N4O2S. The third kappa shape index (κ3) is 3.72. The summed E-state index contributed by atoms with van der Waals surface area (Å²) < 4.78 is 0. The van der Waals surface area contributed by atoms with E-state index in [2.05, 4.69) is 32.9 Å². The molecular weight excluding hydrogens is 300 g/mol. The third-order valence-electron chi connectivity index (χ3n) is 3.99. The van der Waals surface area contributed by atoms with Crippen LogP contribution in [0.5, 0.6) is 0 Å². The monoisotopic (exact) mass is 320 g/mol. The quantitative estimate of drug-likeness (QED) is 0.905. The molecule has 118 valence electrons. The molecule has 1 aromatic heterocycles. The van der Waals surface area contributed by atoms with Gasteiger partial charge in [-0.15, -0.1) is 11.3 Å². The first-order chi connectivity index (χ1) is 10.7. The molecule has 0 bridgehead atoms. The van der Waals surface area contributed by atoms with Crippen LogP contribution in [0, 0.1) is 0 Å². The van der Waals surface area contributed by atoms with Gasteiger partial charge in [0.05, 0.1) is 0 Å². The lowest BCUT2D eigenvalue weighted by Gasteiger charge is -2.23. The summed E-state index contributed by atoms with van der Waals surface area (Å²) in [4.78, 5) is 29.2. The van der Waals surface area contributed by atoms with Crippen molar-refractivity contribution in [1.82, 2.24) is 15.2 Å². The molecule has 0 unspecified atom stereocenters. The van der Waals surface area contributed by atoms with Crippen molar-refractivity contribution in [3.05, 3.63) is 22.4 Å². The van der Waals surface area contributed by atoms with Gasteiger partial charge in [-0.2, -0.15) is 5.10 Å². The maximum atomic E-state index is 12.5. The molecule has 6 nitrogen and oxygen atoms in total. The lowest BCUT2D eigenvalue weighted by atomic mass is 10.1. The molecule has 3 heterocycles. The van der Waals surface area contributed by atoms with Gasteiger partial charge in [-0.1, -0.05) is 6.07 Å². The molecule has 1 saturated heterocycles. The second-order valence-corrected chi connectivity index (χ2v) is 6.63. The zero-order valence-electron chi connectivity index (χ0n) is 12.5. The van der Waals surface area contributed by atoms with E-state index in [0.717, 1.165) is 39.1 Å². The molecule has 0 atom stereocenters. The minimum Gasteiger partial charge on any atom is -0.336 e. The Hall–Kier alpha value is -1.73. The van der Waals surface area contributed by atoms with Crippen molar-refractivity contribution in [2.24, 2.45) is 5.10 Å². The van der Waals surface area contributed by atoms with E-state index in [1.807, 2.05) is 4.90 Å². The zero-order chi connectivity index (χ0) is 15.4. The fraction of sp³-hybridized carbons (Fsp3) is 0.533. The minimum atomic E-state index is -0.116. The van der Waals surface area contributed by atoms with Gasteiger partial charge in [-0.3, -0.25) is 14.5 Å². The highest BCUT2D eigenvalue weighted by molar-refractivity contribution is 7.09. The van der Waals surface area contributed by atoms with Gasteiger partial charge in [0, 0.05) is 50.4 Å². The van der Waals surface area contributed by atoms with Crippen LogP contribution in [-0.4, -0.2) is 53.5 Å². The van der Waals surface area contributed by atoms with E-state index in [1.165, 1.54) is 4.88 Å². The Kier molecular flexibility index (Phi) is 4.84. The summed E-state index contributed by atoms with van der Waals surface area (Å²) in [5, 5.41) is 6.01. The number of nitrogens with zero attached hydrogens (tertiary/aromatic N) is 3. The van der Waals surface area contributed by atoms with Crippen molar-refractivity contribution in [2.45, 2.75) is 25.8 Å². The van der Waals surface area contributed by atoms with Gasteiger partial charge in [-0.05, 0) is 17.9 Å². The first-order valence-electron chi connectivity index (χ1n) is 7.62. The lowest BCUT2D eigenvalue weighted by molar-refractivity contribution is -0.124. The van der Waals surface area contributed by atoms with Gasteiger partial charge in [-0.25, -0.2) is 5.43 Å². The molecule has 2 amide bonds. The van der Waals surface area contributed by atoms with E-state index in [1.54, 1.807) is 11.3 Å². The highest BCUT2D eigenvalue weighted by Gasteiger charge is 2.25. The average Bonchev–Trinajstić information content (AvgIpc) is 2.92. The number of nitrogens with one attached hydrogen (secondary N) is 1. The van der Waals surface area contributed by atoms with Gasteiger partial charge in [0.2, 0.25) is 5.91 Å². The number of hydrogen-bond donors (Lipinski definition) is 1. The summed E-state index contributed by atoms with van der Waals surface area (Å²) in [6, 6.07) is 4.22. The van der Waals surface area contributed by atoms with Crippen LogP contribution in [0.25, 0.3) is 0 Å². The second-order valence-electron chi connectivity index (χ2n) is 5.59. The SMILES string of the molecule is O=C1CCC(C(=O)N2CCCN(Cc3cccs3)CC2)=NN1. The lowest BCUT2D eigenvalue weighted by Crippen LogP contribution is -2.42. The van der Waals surface area contributed by atoms with Crippen LogP contribution in [0.2, 0.25) is 0 Å². The molecule has 0 saturated carbocycles. The molecule has 22 heavy (non-hydrogen) atoms. The number of rotatable bonds is 3. The number of hydrogen-bond acceptors (Lipinski definition) is 5. The van der Waals surface area contributed by atoms with Gasteiger partial charge in [0.25, 0.3) is 5.91 Å². The van der Waals surface area contributed by atoms with Crippen LogP contribution in [0.1, 0.15) is 24.1 Å². The van der Waals surface area contributed by atoms with Crippen molar-refractivity contribution >= 4 is 28.9 Å². The molecule has 1 aromatic rings. The number of carbonyl (C=O) groups is 2. The molecule has 0 aromatic carbocycles. The molecule has 7 heteroatoms. The molecule has 3 rings (SSSR count).